The van der Waals surface area contributed by atoms with Crippen LogP contribution in [-0.2, 0) is 6.42 Å². The highest BCUT2D eigenvalue weighted by Gasteiger charge is 2.18. The minimum atomic E-state index is 0.891. The Morgan fingerprint density at radius 1 is 0.962 bits per heavy atom. The second kappa shape index (κ2) is 6.41. The molecule has 4 aromatic rings. The highest BCUT2D eigenvalue weighted by atomic mass is 15.4. The lowest BCUT2D eigenvalue weighted by molar-refractivity contribution is 0.742. The van der Waals surface area contributed by atoms with Gasteiger partial charge in [0.05, 0.1) is 11.4 Å². The molecule has 0 N–H and O–H groups in total. The van der Waals surface area contributed by atoms with E-state index in [1.165, 1.54) is 0 Å². The Hall–Kier alpha value is -2.95. The highest BCUT2D eigenvalue weighted by molar-refractivity contribution is 5.80. The first-order valence-corrected chi connectivity index (χ1v) is 9.06. The predicted octanol–water partition coefficient (Wildman–Crippen LogP) is 4.46. The van der Waals surface area contributed by atoms with Crippen LogP contribution in [0.3, 0.4) is 0 Å². The lowest BCUT2D eigenvalue weighted by Crippen LogP contribution is -2.09. The summed E-state index contributed by atoms with van der Waals surface area (Å²) in [6.07, 6.45) is 1.98. The molecule has 132 valence electrons. The van der Waals surface area contributed by atoms with Gasteiger partial charge in [-0.3, -0.25) is 0 Å². The molecule has 0 aliphatic carbocycles. The van der Waals surface area contributed by atoms with Gasteiger partial charge in [-0.1, -0.05) is 43.7 Å². The number of hydrogen-bond acceptors (Lipinski definition) is 3. The van der Waals surface area contributed by atoms with Crippen LogP contribution in [0.1, 0.15) is 36.1 Å². The van der Waals surface area contributed by atoms with Gasteiger partial charge in [0.15, 0.2) is 11.5 Å². The van der Waals surface area contributed by atoms with Gasteiger partial charge in [0.2, 0.25) is 0 Å². The quantitative estimate of drug-likeness (QED) is 0.549. The maximum atomic E-state index is 4.94. The summed E-state index contributed by atoms with van der Waals surface area (Å²) < 4.78 is 3.89. The molecule has 0 atom stereocenters. The molecule has 0 saturated heterocycles. The second-order valence-electron chi connectivity index (χ2n) is 6.76. The van der Waals surface area contributed by atoms with Gasteiger partial charge in [0.25, 0.3) is 0 Å². The number of rotatable bonds is 4. The summed E-state index contributed by atoms with van der Waals surface area (Å²) >= 11 is 0. The van der Waals surface area contributed by atoms with E-state index in [4.69, 9.17) is 10.1 Å². The van der Waals surface area contributed by atoms with Crippen LogP contribution >= 0.6 is 0 Å². The number of benzene rings is 1. The number of hydrogen-bond donors (Lipinski definition) is 0. The minimum Gasteiger partial charge on any atom is -0.233 e. The molecule has 0 fully saturated rings. The fourth-order valence-electron chi connectivity index (χ4n) is 3.50. The van der Waals surface area contributed by atoms with Crippen LogP contribution < -0.4 is 0 Å². The topological polar surface area (TPSA) is 48.0 Å². The van der Waals surface area contributed by atoms with Gasteiger partial charge < -0.3 is 0 Å². The molecule has 1 aromatic carbocycles. The molecule has 3 aromatic heterocycles. The third-order valence-electron chi connectivity index (χ3n) is 4.59. The molecule has 0 bridgehead atoms. The van der Waals surface area contributed by atoms with Crippen LogP contribution in [0.4, 0.5) is 0 Å². The van der Waals surface area contributed by atoms with E-state index in [0.29, 0.717) is 0 Å². The third kappa shape index (κ3) is 2.69. The molecule has 26 heavy (non-hydrogen) atoms. The van der Waals surface area contributed by atoms with E-state index in [1.54, 1.807) is 0 Å². The highest BCUT2D eigenvalue weighted by Crippen LogP contribution is 2.29. The average molecular weight is 345 g/mol. The first kappa shape index (κ1) is 16.5. The summed E-state index contributed by atoms with van der Waals surface area (Å²) in [7, 11) is 0. The normalized spacial score (nSPS) is 11.4. The molecule has 0 aliphatic heterocycles. The first-order chi connectivity index (χ1) is 12.6. The lowest BCUT2D eigenvalue weighted by Gasteiger charge is -2.10. The van der Waals surface area contributed by atoms with E-state index in [2.05, 4.69) is 55.3 Å². The van der Waals surface area contributed by atoms with Crippen LogP contribution in [0, 0.1) is 20.8 Å². The molecule has 0 aliphatic rings. The largest absolute Gasteiger partial charge is 0.233 e. The molecule has 3 heterocycles. The van der Waals surface area contributed by atoms with Gasteiger partial charge in [-0.15, -0.1) is 0 Å². The van der Waals surface area contributed by atoms with Crippen molar-refractivity contribution in [3.05, 3.63) is 65.2 Å². The van der Waals surface area contributed by atoms with E-state index < -0.39 is 0 Å². The molecule has 5 heteroatoms. The maximum Gasteiger partial charge on any atom is 0.165 e. The SMILES string of the molecule is CCCc1cc(-n2nc(C)cc2C)n2nc(C)c(-c3ccccc3)c2n1. The molecular formula is C21H23N5. The molecular weight excluding hydrogens is 322 g/mol. The van der Waals surface area contributed by atoms with Crippen molar-refractivity contribution in [2.75, 3.05) is 0 Å². The summed E-state index contributed by atoms with van der Waals surface area (Å²) in [4.78, 5) is 4.94. The van der Waals surface area contributed by atoms with Crippen molar-refractivity contribution in [3.8, 4) is 16.9 Å². The van der Waals surface area contributed by atoms with E-state index in [9.17, 15) is 0 Å². The molecule has 5 nitrogen and oxygen atoms in total. The summed E-state index contributed by atoms with van der Waals surface area (Å²) in [5, 5.41) is 9.48. The summed E-state index contributed by atoms with van der Waals surface area (Å²) in [5.74, 6) is 0.939. The van der Waals surface area contributed by atoms with Gasteiger partial charge in [0, 0.05) is 23.0 Å². The van der Waals surface area contributed by atoms with Crippen molar-refractivity contribution in [2.45, 2.75) is 40.5 Å². The van der Waals surface area contributed by atoms with E-state index in [-0.39, 0.29) is 0 Å². The lowest BCUT2D eigenvalue weighted by atomic mass is 10.1. The zero-order valence-corrected chi connectivity index (χ0v) is 15.7. The number of fused-ring (bicyclic) bond motifs is 1. The smallest absolute Gasteiger partial charge is 0.165 e. The Morgan fingerprint density at radius 2 is 1.73 bits per heavy atom. The fraction of sp³-hybridized carbons (Fsp3) is 0.286. The maximum absolute atomic E-state index is 4.94. The Kier molecular flexibility index (Phi) is 4.07. The minimum absolute atomic E-state index is 0.891. The van der Waals surface area contributed by atoms with E-state index in [0.717, 1.165) is 58.2 Å². The van der Waals surface area contributed by atoms with Crippen LogP contribution in [-0.4, -0.2) is 24.4 Å². The van der Waals surface area contributed by atoms with Gasteiger partial charge >= 0.3 is 0 Å². The second-order valence-corrected chi connectivity index (χ2v) is 6.76. The van der Waals surface area contributed by atoms with Gasteiger partial charge in [-0.25, -0.2) is 9.67 Å². The summed E-state index contributed by atoms with van der Waals surface area (Å²) in [5.41, 5.74) is 7.25. The summed E-state index contributed by atoms with van der Waals surface area (Å²) in [6, 6.07) is 14.5. The van der Waals surface area contributed by atoms with E-state index in [1.807, 2.05) is 29.1 Å². The van der Waals surface area contributed by atoms with Gasteiger partial charge in [-0.05, 0) is 38.8 Å². The van der Waals surface area contributed by atoms with Crippen molar-refractivity contribution in [1.82, 2.24) is 24.4 Å². The van der Waals surface area contributed by atoms with Crippen LogP contribution in [0.2, 0.25) is 0 Å². The van der Waals surface area contributed by atoms with Crippen molar-refractivity contribution in [3.63, 3.8) is 0 Å². The Labute approximate surface area is 153 Å². The number of aromatic nitrogens is 5. The monoisotopic (exact) mass is 345 g/mol. The first-order valence-electron chi connectivity index (χ1n) is 9.06. The molecule has 0 saturated carbocycles. The Balaban J connectivity index is 2.05. The van der Waals surface area contributed by atoms with Crippen molar-refractivity contribution >= 4 is 5.65 Å². The van der Waals surface area contributed by atoms with Crippen molar-refractivity contribution in [2.24, 2.45) is 0 Å². The third-order valence-corrected chi connectivity index (χ3v) is 4.59. The van der Waals surface area contributed by atoms with Gasteiger partial charge in [-0.2, -0.15) is 14.7 Å². The molecule has 0 unspecified atom stereocenters. The van der Waals surface area contributed by atoms with Crippen LogP contribution in [0.25, 0.3) is 22.6 Å². The molecule has 0 radical (unpaired) electrons. The average Bonchev–Trinajstić information content (AvgIpc) is 3.13. The molecule has 0 amide bonds. The number of aryl methyl sites for hydroxylation is 4. The number of nitrogens with zero attached hydrogens (tertiary/aromatic N) is 5. The molecule has 0 spiro atoms. The van der Waals surface area contributed by atoms with Crippen molar-refractivity contribution in [1.29, 1.82) is 0 Å². The van der Waals surface area contributed by atoms with E-state index >= 15 is 0 Å². The predicted molar refractivity (Wildman–Crippen MR) is 104 cm³/mol. The van der Waals surface area contributed by atoms with Crippen LogP contribution in [0.5, 0.6) is 0 Å². The fourth-order valence-corrected chi connectivity index (χ4v) is 3.50. The van der Waals surface area contributed by atoms with Gasteiger partial charge in [0.1, 0.15) is 0 Å². The van der Waals surface area contributed by atoms with Crippen LogP contribution in [0.15, 0.2) is 42.5 Å². The van der Waals surface area contributed by atoms with Crippen molar-refractivity contribution < 1.29 is 0 Å². The summed E-state index contributed by atoms with van der Waals surface area (Å²) in [6.45, 7) is 8.30. The Bertz CT molecular complexity index is 1070. The standard InChI is InChI=1S/C21H23N5/c1-5-9-18-13-19(25-15(3)12-14(2)23-25)26-21(22-18)20(16(4)24-26)17-10-7-6-8-11-17/h6-8,10-13H,5,9H2,1-4H3. The zero-order valence-electron chi connectivity index (χ0n) is 15.7. The Morgan fingerprint density at radius 3 is 2.38 bits per heavy atom. The molecule has 4 rings (SSSR count). The zero-order chi connectivity index (χ0) is 18.3.